The fraction of sp³-hybridized carbons (Fsp3) is 0.364. The Kier molecular flexibility index (Phi) is 2.88. The third-order valence-electron chi connectivity index (χ3n) is 2.36. The van der Waals surface area contributed by atoms with Crippen LogP contribution in [0.3, 0.4) is 0 Å². The maximum Gasteiger partial charge on any atom is 0.146 e. The molecule has 3 nitrogen and oxygen atoms in total. The predicted molar refractivity (Wildman–Crippen MR) is 61.0 cm³/mol. The van der Waals surface area contributed by atoms with Gasteiger partial charge in [-0.1, -0.05) is 0 Å². The number of aryl methyl sites for hydroxylation is 2. The molecule has 0 bridgehead atoms. The Morgan fingerprint density at radius 3 is 2.93 bits per heavy atom. The lowest BCUT2D eigenvalue weighted by Gasteiger charge is -2.09. The summed E-state index contributed by atoms with van der Waals surface area (Å²) in [7, 11) is 0. The molecule has 0 saturated carbocycles. The number of hydrogen-bond donors (Lipinski definition) is 1. The van der Waals surface area contributed by atoms with E-state index >= 15 is 0 Å². The maximum atomic E-state index is 10.1. The van der Waals surface area contributed by atoms with Gasteiger partial charge in [-0.3, -0.25) is 0 Å². The lowest BCUT2D eigenvalue weighted by atomic mass is 10.2. The van der Waals surface area contributed by atoms with E-state index in [2.05, 4.69) is 4.98 Å². The monoisotopic (exact) mass is 222 g/mol. The quantitative estimate of drug-likeness (QED) is 0.865. The van der Waals surface area contributed by atoms with Crippen LogP contribution in [0.15, 0.2) is 24.5 Å². The molecule has 0 aliphatic carbocycles. The van der Waals surface area contributed by atoms with E-state index in [-0.39, 0.29) is 0 Å². The van der Waals surface area contributed by atoms with Crippen molar-refractivity contribution in [2.24, 2.45) is 0 Å². The van der Waals surface area contributed by atoms with Crippen LogP contribution in [0.4, 0.5) is 0 Å². The van der Waals surface area contributed by atoms with Crippen molar-refractivity contribution in [1.29, 1.82) is 0 Å². The first-order valence-corrected chi connectivity index (χ1v) is 5.79. The van der Waals surface area contributed by atoms with Crippen molar-refractivity contribution in [3.05, 3.63) is 40.1 Å². The summed E-state index contributed by atoms with van der Waals surface area (Å²) in [4.78, 5) is 6.35. The molecule has 0 aliphatic heterocycles. The number of hydrogen-bond acceptors (Lipinski definition) is 3. The van der Waals surface area contributed by atoms with Gasteiger partial charge in [0.05, 0.1) is 0 Å². The van der Waals surface area contributed by atoms with Crippen molar-refractivity contribution in [2.75, 3.05) is 0 Å². The highest BCUT2D eigenvalue weighted by molar-refractivity contribution is 7.12. The van der Waals surface area contributed by atoms with Crippen LogP contribution < -0.4 is 0 Å². The van der Waals surface area contributed by atoms with Crippen LogP contribution in [0.2, 0.25) is 0 Å². The zero-order chi connectivity index (χ0) is 10.8. The normalized spacial score (nSPS) is 13.0. The van der Waals surface area contributed by atoms with E-state index < -0.39 is 6.10 Å². The smallest absolute Gasteiger partial charge is 0.146 e. The van der Waals surface area contributed by atoms with Crippen molar-refractivity contribution in [3.63, 3.8) is 0 Å². The summed E-state index contributed by atoms with van der Waals surface area (Å²) >= 11 is 1.61. The van der Waals surface area contributed by atoms with E-state index in [0.29, 0.717) is 0 Å². The second-order valence-electron chi connectivity index (χ2n) is 3.42. The fourth-order valence-corrected chi connectivity index (χ4v) is 2.42. The number of aliphatic hydroxyl groups is 1. The van der Waals surface area contributed by atoms with Gasteiger partial charge in [-0.15, -0.1) is 11.3 Å². The summed E-state index contributed by atoms with van der Waals surface area (Å²) < 4.78 is 1.96. The minimum Gasteiger partial charge on any atom is -0.380 e. The summed E-state index contributed by atoms with van der Waals surface area (Å²) in [5.74, 6) is 0.722. The van der Waals surface area contributed by atoms with E-state index in [1.807, 2.05) is 36.7 Å². The molecule has 0 radical (unpaired) electrons. The number of aromatic nitrogens is 2. The molecule has 2 aromatic heterocycles. The zero-order valence-electron chi connectivity index (χ0n) is 8.84. The lowest BCUT2D eigenvalue weighted by molar-refractivity contribution is 0.208. The number of nitrogens with zero attached hydrogens (tertiary/aromatic N) is 2. The fourth-order valence-electron chi connectivity index (χ4n) is 1.56. The summed E-state index contributed by atoms with van der Waals surface area (Å²) in [6, 6.07) is 3.97. The third-order valence-corrected chi connectivity index (χ3v) is 3.42. The van der Waals surface area contributed by atoms with Gasteiger partial charge in [0.2, 0.25) is 0 Å². The predicted octanol–water partition coefficient (Wildman–Crippen LogP) is 2.35. The van der Waals surface area contributed by atoms with E-state index in [4.69, 9.17) is 0 Å². The molecule has 2 rings (SSSR count). The molecule has 0 amide bonds. The average molecular weight is 222 g/mol. The molecule has 0 saturated heterocycles. The summed E-state index contributed by atoms with van der Waals surface area (Å²) in [6.07, 6.45) is 3.01. The van der Waals surface area contributed by atoms with Gasteiger partial charge >= 0.3 is 0 Å². The molecule has 15 heavy (non-hydrogen) atoms. The molecular weight excluding hydrogens is 208 g/mol. The van der Waals surface area contributed by atoms with Crippen LogP contribution in [-0.4, -0.2) is 14.7 Å². The van der Waals surface area contributed by atoms with Gasteiger partial charge in [0, 0.05) is 28.7 Å². The van der Waals surface area contributed by atoms with Crippen molar-refractivity contribution >= 4 is 11.3 Å². The number of thiophene rings is 1. The average Bonchev–Trinajstić information content (AvgIpc) is 2.84. The Morgan fingerprint density at radius 2 is 2.33 bits per heavy atom. The van der Waals surface area contributed by atoms with Gasteiger partial charge in [0.25, 0.3) is 0 Å². The highest BCUT2D eigenvalue weighted by Gasteiger charge is 2.16. The van der Waals surface area contributed by atoms with Crippen molar-refractivity contribution in [1.82, 2.24) is 9.55 Å². The summed E-state index contributed by atoms with van der Waals surface area (Å²) in [6.45, 7) is 4.90. The van der Waals surface area contributed by atoms with Crippen LogP contribution in [0.25, 0.3) is 0 Å². The Labute approximate surface area is 93.0 Å². The largest absolute Gasteiger partial charge is 0.380 e. The van der Waals surface area contributed by atoms with Gasteiger partial charge < -0.3 is 9.67 Å². The molecule has 0 spiro atoms. The Hall–Kier alpha value is -1.13. The number of rotatable bonds is 3. The molecule has 0 aliphatic rings. The minimum atomic E-state index is -0.598. The number of imidazole rings is 1. The zero-order valence-corrected chi connectivity index (χ0v) is 9.66. The highest BCUT2D eigenvalue weighted by atomic mass is 32.1. The molecular formula is C11H14N2OS. The second-order valence-corrected chi connectivity index (χ2v) is 4.74. The topological polar surface area (TPSA) is 38.0 Å². The third kappa shape index (κ3) is 1.96. The first-order chi connectivity index (χ1) is 7.22. The highest BCUT2D eigenvalue weighted by Crippen LogP contribution is 2.27. The number of aliphatic hydroxyl groups excluding tert-OH is 1. The van der Waals surface area contributed by atoms with Crippen molar-refractivity contribution < 1.29 is 5.11 Å². The Bertz CT molecular complexity index is 447. The minimum absolute atomic E-state index is 0.598. The van der Waals surface area contributed by atoms with E-state index in [0.717, 1.165) is 17.2 Å². The first-order valence-electron chi connectivity index (χ1n) is 4.97. The molecule has 80 valence electrons. The Morgan fingerprint density at radius 1 is 1.53 bits per heavy atom. The summed E-state index contributed by atoms with van der Waals surface area (Å²) in [5, 5.41) is 10.1. The Balaban J connectivity index is 2.31. The SMILES string of the molecule is CCn1ccnc1C(O)c1ccc(C)s1. The molecule has 2 aromatic rings. The molecule has 2 heterocycles. The van der Waals surface area contributed by atoms with E-state index in [9.17, 15) is 5.11 Å². The first kappa shape index (κ1) is 10.4. The molecule has 0 aromatic carbocycles. The molecule has 1 N–H and O–H groups in total. The molecule has 4 heteroatoms. The summed E-state index contributed by atoms with van der Waals surface area (Å²) in [5.41, 5.74) is 0. The van der Waals surface area contributed by atoms with Crippen molar-refractivity contribution in [3.8, 4) is 0 Å². The van der Waals surface area contributed by atoms with Gasteiger partial charge in [-0.25, -0.2) is 4.98 Å². The molecule has 1 unspecified atom stereocenters. The van der Waals surface area contributed by atoms with Gasteiger partial charge in [-0.05, 0) is 26.0 Å². The van der Waals surface area contributed by atoms with Gasteiger partial charge in [0.1, 0.15) is 11.9 Å². The van der Waals surface area contributed by atoms with Gasteiger partial charge in [-0.2, -0.15) is 0 Å². The lowest BCUT2D eigenvalue weighted by Crippen LogP contribution is -2.07. The van der Waals surface area contributed by atoms with Crippen LogP contribution in [-0.2, 0) is 6.54 Å². The second kappa shape index (κ2) is 4.16. The maximum absolute atomic E-state index is 10.1. The van der Waals surface area contributed by atoms with Gasteiger partial charge in [0.15, 0.2) is 0 Å². The standard InChI is InChI=1S/C11H14N2OS/c1-3-13-7-6-12-11(13)10(14)9-5-4-8(2)15-9/h4-7,10,14H,3H2,1-2H3. The van der Waals surface area contributed by atoms with Crippen molar-refractivity contribution in [2.45, 2.75) is 26.5 Å². The van der Waals surface area contributed by atoms with Crippen LogP contribution in [0.5, 0.6) is 0 Å². The van der Waals surface area contributed by atoms with Crippen LogP contribution in [0, 0.1) is 6.92 Å². The van der Waals surface area contributed by atoms with Crippen LogP contribution >= 0.6 is 11.3 Å². The van der Waals surface area contributed by atoms with Crippen LogP contribution in [0.1, 0.15) is 28.6 Å². The molecule has 0 fully saturated rings. The molecule has 1 atom stereocenters. The van der Waals surface area contributed by atoms with E-state index in [1.165, 1.54) is 4.88 Å². The van der Waals surface area contributed by atoms with E-state index in [1.54, 1.807) is 17.5 Å².